The van der Waals surface area contributed by atoms with Crippen LogP contribution in [0.4, 0.5) is 34.4 Å². The van der Waals surface area contributed by atoms with E-state index in [0.717, 1.165) is 66.7 Å². The largest absolute Gasteiger partial charge is 0.293 e. The quantitative estimate of drug-likeness (QED) is 0.126. The number of aromatic nitrogens is 2. The van der Waals surface area contributed by atoms with Crippen molar-refractivity contribution in [3.8, 4) is 11.1 Å². The minimum absolute atomic E-state index is 0.214. The smallest absolute Gasteiger partial charge is 0.137 e. The number of hydrogen-bond acceptors (Lipinski definition) is 4. The van der Waals surface area contributed by atoms with Gasteiger partial charge in [-0.05, 0) is 81.6 Å². The van der Waals surface area contributed by atoms with Gasteiger partial charge in [-0.3, -0.25) is 9.80 Å². The highest BCUT2D eigenvalue weighted by molar-refractivity contribution is 6.25. The van der Waals surface area contributed by atoms with Crippen molar-refractivity contribution >= 4 is 77.5 Å². The molecule has 11 rings (SSSR count). The van der Waals surface area contributed by atoms with Crippen molar-refractivity contribution in [3.05, 3.63) is 206 Å². The molecule has 0 amide bonds. The Kier molecular flexibility index (Phi) is 7.48. The predicted molar refractivity (Wildman–Crippen MR) is 239 cm³/mol. The fourth-order valence-electron chi connectivity index (χ4n) is 9.30. The molecule has 4 heteroatoms. The molecule has 0 saturated carbocycles. The van der Waals surface area contributed by atoms with Crippen LogP contribution in [0.15, 0.2) is 194 Å². The molecule has 0 unspecified atom stereocenters. The van der Waals surface area contributed by atoms with E-state index in [4.69, 9.17) is 9.97 Å². The second-order valence-corrected chi connectivity index (χ2v) is 15.4. The maximum absolute atomic E-state index is 5.08. The Balaban J connectivity index is 1.35. The van der Waals surface area contributed by atoms with Crippen LogP contribution < -0.4 is 9.80 Å². The molecule has 1 aliphatic rings. The summed E-state index contributed by atoms with van der Waals surface area (Å²) in [6.07, 6.45) is 3.79. The number of hydrogen-bond donors (Lipinski definition) is 0. The molecule has 1 aliphatic carbocycles. The summed E-state index contributed by atoms with van der Waals surface area (Å²) >= 11 is 0. The Labute approximate surface area is 331 Å². The second kappa shape index (κ2) is 12.9. The van der Waals surface area contributed by atoms with Crippen LogP contribution in [0.3, 0.4) is 0 Å². The molecule has 0 atom stereocenters. The van der Waals surface area contributed by atoms with Crippen molar-refractivity contribution in [3.63, 3.8) is 0 Å². The van der Waals surface area contributed by atoms with Crippen molar-refractivity contribution < 1.29 is 0 Å². The lowest BCUT2D eigenvalue weighted by atomic mass is 9.81. The Morgan fingerprint density at radius 1 is 0.368 bits per heavy atom. The topological polar surface area (TPSA) is 32.3 Å². The van der Waals surface area contributed by atoms with E-state index in [1.54, 1.807) is 0 Å². The molecule has 57 heavy (non-hydrogen) atoms. The van der Waals surface area contributed by atoms with Crippen LogP contribution in [0.25, 0.3) is 54.2 Å². The fourth-order valence-corrected chi connectivity index (χ4v) is 9.30. The summed E-state index contributed by atoms with van der Waals surface area (Å²) in [5, 5.41) is 9.18. The summed E-state index contributed by atoms with van der Waals surface area (Å²) in [6.45, 7) is 4.73. The number of benzene rings is 8. The number of pyridine rings is 2. The minimum Gasteiger partial charge on any atom is -0.293 e. The van der Waals surface area contributed by atoms with E-state index in [2.05, 4.69) is 194 Å². The van der Waals surface area contributed by atoms with Gasteiger partial charge in [0.15, 0.2) is 0 Å². The van der Waals surface area contributed by atoms with Crippen LogP contribution in [0.1, 0.15) is 25.0 Å². The standard InChI is InChI=1S/C53H38N4/c1-53(2)45-26-10-9-23-39(45)42-33-43-44(34-46(42)53)52(57(50-30-12-14-32-55-50)48-28-16-20-36-18-4-6-22-38(36)48)41-25-8-7-24-40(41)51(43)56(49-29-11-13-31-54-49)47-27-15-19-35-17-3-5-21-37(35)47/h3-34H,1-2H3. The summed E-state index contributed by atoms with van der Waals surface area (Å²) in [7, 11) is 0. The number of rotatable bonds is 6. The maximum Gasteiger partial charge on any atom is 0.137 e. The molecule has 0 saturated heterocycles. The van der Waals surface area contributed by atoms with Crippen LogP contribution in [-0.4, -0.2) is 9.97 Å². The van der Waals surface area contributed by atoms with Crippen molar-refractivity contribution in [1.82, 2.24) is 9.97 Å². The average molecular weight is 731 g/mol. The minimum atomic E-state index is -0.214. The molecule has 0 N–H and O–H groups in total. The maximum atomic E-state index is 5.08. The molecule has 2 heterocycles. The van der Waals surface area contributed by atoms with Gasteiger partial charge in [0, 0.05) is 50.1 Å². The first-order valence-electron chi connectivity index (χ1n) is 19.6. The molecular formula is C53H38N4. The third kappa shape index (κ3) is 5.07. The molecule has 8 aromatic carbocycles. The first-order chi connectivity index (χ1) is 28.1. The van der Waals surface area contributed by atoms with Gasteiger partial charge in [-0.2, -0.15) is 0 Å². The van der Waals surface area contributed by atoms with E-state index in [0.29, 0.717) is 0 Å². The number of anilines is 6. The third-order valence-corrected chi connectivity index (χ3v) is 11.9. The van der Waals surface area contributed by atoms with Crippen molar-refractivity contribution in [2.45, 2.75) is 19.3 Å². The SMILES string of the molecule is CC1(C)c2ccccc2-c2cc3c(N(c4ccccn4)c4cccc5ccccc45)c4ccccc4c(N(c4ccccn4)c4cccc5ccccc45)c3cc21. The first kappa shape index (κ1) is 33.1. The normalized spacial score (nSPS) is 12.9. The monoisotopic (exact) mass is 730 g/mol. The second-order valence-electron chi connectivity index (χ2n) is 15.4. The molecule has 0 spiro atoms. The Hall–Kier alpha value is -7.30. The van der Waals surface area contributed by atoms with Gasteiger partial charge in [0.05, 0.1) is 22.7 Å². The first-order valence-corrected chi connectivity index (χ1v) is 19.6. The molecular weight excluding hydrogens is 693 g/mol. The Morgan fingerprint density at radius 2 is 0.825 bits per heavy atom. The van der Waals surface area contributed by atoms with E-state index in [9.17, 15) is 0 Å². The van der Waals surface area contributed by atoms with Gasteiger partial charge in [0.1, 0.15) is 11.6 Å². The van der Waals surface area contributed by atoms with Crippen LogP contribution in [-0.2, 0) is 5.41 Å². The van der Waals surface area contributed by atoms with Crippen molar-refractivity contribution in [2.75, 3.05) is 9.80 Å². The highest BCUT2D eigenvalue weighted by Gasteiger charge is 2.37. The van der Waals surface area contributed by atoms with Gasteiger partial charge >= 0.3 is 0 Å². The zero-order valence-corrected chi connectivity index (χ0v) is 31.8. The highest BCUT2D eigenvalue weighted by atomic mass is 15.2. The van der Waals surface area contributed by atoms with Crippen LogP contribution >= 0.6 is 0 Å². The number of nitrogens with zero attached hydrogens (tertiary/aromatic N) is 4. The van der Waals surface area contributed by atoms with E-state index < -0.39 is 0 Å². The zero-order chi connectivity index (χ0) is 38.1. The fraction of sp³-hybridized carbons (Fsp3) is 0.0566. The third-order valence-electron chi connectivity index (χ3n) is 11.9. The predicted octanol–water partition coefficient (Wildman–Crippen LogP) is 14.3. The number of fused-ring (bicyclic) bond motifs is 7. The summed E-state index contributed by atoms with van der Waals surface area (Å²) in [6, 6.07) is 65.6. The van der Waals surface area contributed by atoms with E-state index in [1.165, 1.54) is 33.0 Å². The molecule has 0 aliphatic heterocycles. The van der Waals surface area contributed by atoms with Crippen LogP contribution in [0, 0.1) is 0 Å². The van der Waals surface area contributed by atoms with E-state index in [-0.39, 0.29) is 5.41 Å². The highest BCUT2D eigenvalue weighted by Crippen LogP contribution is 2.56. The Bertz CT molecular complexity index is 3160. The van der Waals surface area contributed by atoms with Crippen LogP contribution in [0.2, 0.25) is 0 Å². The van der Waals surface area contributed by atoms with Crippen molar-refractivity contribution in [2.24, 2.45) is 0 Å². The zero-order valence-electron chi connectivity index (χ0n) is 31.8. The summed E-state index contributed by atoms with van der Waals surface area (Å²) in [5.41, 5.74) is 9.31. The molecule has 0 bridgehead atoms. The molecule has 4 nitrogen and oxygen atoms in total. The molecule has 2 aromatic heterocycles. The molecule has 0 fully saturated rings. The van der Waals surface area contributed by atoms with Crippen LogP contribution in [0.5, 0.6) is 0 Å². The lowest BCUT2D eigenvalue weighted by Gasteiger charge is -2.33. The summed E-state index contributed by atoms with van der Waals surface area (Å²) in [5.74, 6) is 1.71. The lowest BCUT2D eigenvalue weighted by Crippen LogP contribution is -2.17. The molecule has 10 aromatic rings. The summed E-state index contributed by atoms with van der Waals surface area (Å²) in [4.78, 5) is 14.9. The van der Waals surface area contributed by atoms with Gasteiger partial charge in [-0.25, -0.2) is 9.97 Å². The summed E-state index contributed by atoms with van der Waals surface area (Å²) < 4.78 is 0. The van der Waals surface area contributed by atoms with Gasteiger partial charge in [-0.15, -0.1) is 0 Å². The van der Waals surface area contributed by atoms with Gasteiger partial charge < -0.3 is 0 Å². The molecule has 270 valence electrons. The van der Waals surface area contributed by atoms with E-state index in [1.807, 2.05) is 24.5 Å². The average Bonchev–Trinajstić information content (AvgIpc) is 3.49. The molecule has 0 radical (unpaired) electrons. The lowest BCUT2D eigenvalue weighted by molar-refractivity contribution is 0.661. The van der Waals surface area contributed by atoms with Gasteiger partial charge in [0.25, 0.3) is 0 Å². The van der Waals surface area contributed by atoms with E-state index >= 15 is 0 Å². The van der Waals surface area contributed by atoms with Crippen molar-refractivity contribution in [1.29, 1.82) is 0 Å². The van der Waals surface area contributed by atoms with Gasteiger partial charge in [0.2, 0.25) is 0 Å². The Morgan fingerprint density at radius 3 is 1.37 bits per heavy atom. The van der Waals surface area contributed by atoms with Gasteiger partial charge in [-0.1, -0.05) is 147 Å².